The van der Waals surface area contributed by atoms with Crippen molar-refractivity contribution in [1.29, 1.82) is 0 Å². The van der Waals surface area contributed by atoms with Gasteiger partial charge in [0.2, 0.25) is 11.8 Å². The quantitative estimate of drug-likeness (QED) is 0.319. The number of hydrogen-bond acceptors (Lipinski definition) is 6. The van der Waals surface area contributed by atoms with Crippen molar-refractivity contribution in [1.82, 2.24) is 20.2 Å². The second-order valence-electron chi connectivity index (χ2n) is 10.00. The number of likely N-dealkylation sites (tertiary alicyclic amines) is 1. The van der Waals surface area contributed by atoms with Crippen LogP contribution in [0.5, 0.6) is 0 Å². The van der Waals surface area contributed by atoms with Crippen molar-refractivity contribution >= 4 is 23.7 Å². The van der Waals surface area contributed by atoms with Crippen LogP contribution < -0.4 is 11.1 Å². The van der Waals surface area contributed by atoms with Gasteiger partial charge in [-0.1, -0.05) is 18.2 Å². The first-order chi connectivity index (χ1) is 19.1. The average Bonchev–Trinajstić information content (AvgIpc) is 3.38. The van der Waals surface area contributed by atoms with E-state index in [-0.39, 0.29) is 31.1 Å². The minimum absolute atomic E-state index is 0.00421. The molecular formula is C30H27F2N5O3. The number of hydrogen-bond donors (Lipinski definition) is 2. The molecule has 2 aromatic heterocycles. The summed E-state index contributed by atoms with van der Waals surface area (Å²) < 4.78 is 34.6. The van der Waals surface area contributed by atoms with Crippen molar-refractivity contribution in [3.63, 3.8) is 0 Å². The normalized spacial score (nSPS) is 14.2. The fourth-order valence-electron chi connectivity index (χ4n) is 4.46. The first-order valence-corrected chi connectivity index (χ1v) is 12.6. The molecule has 5 rings (SSSR count). The lowest BCUT2D eigenvalue weighted by Gasteiger charge is -2.42. The molecule has 0 radical (unpaired) electrons. The fourth-order valence-corrected chi connectivity index (χ4v) is 4.46. The van der Waals surface area contributed by atoms with Gasteiger partial charge in [-0.15, -0.1) is 0 Å². The molecule has 2 aromatic carbocycles. The maximum Gasteiger partial charge on any atom is 0.254 e. The second-order valence-corrected chi connectivity index (χ2v) is 10.00. The standard InChI is InChI=1S/C30H27F2N5O3/c1-18-11-20(24-8-6-21(12-25(24)31)29(39)37-16-30(2,32)17-37)5-7-23(18)28-36-15-22(40-28)14-35-27(38)10-4-19-3-9-26(33)34-13-19/h3-13,15H,14,16-17H2,1-2H3,(H2,33,34)(H,35,38)/b10-4+. The number of nitrogen functional groups attached to an aromatic ring is 1. The van der Waals surface area contributed by atoms with Crippen LogP contribution in [0.1, 0.15) is 34.2 Å². The predicted molar refractivity (Wildman–Crippen MR) is 147 cm³/mol. The van der Waals surface area contributed by atoms with E-state index in [0.717, 1.165) is 16.7 Å². The molecule has 0 saturated carbocycles. The number of pyridine rings is 1. The zero-order chi connectivity index (χ0) is 28.4. The summed E-state index contributed by atoms with van der Waals surface area (Å²) in [6.07, 6.45) is 6.12. The molecule has 8 nitrogen and oxygen atoms in total. The Morgan fingerprint density at radius 1 is 1.10 bits per heavy atom. The van der Waals surface area contributed by atoms with Crippen LogP contribution in [-0.2, 0) is 11.3 Å². The fraction of sp³-hybridized carbons (Fsp3) is 0.200. The molecule has 0 unspecified atom stereocenters. The van der Waals surface area contributed by atoms with E-state index >= 15 is 0 Å². The first-order valence-electron chi connectivity index (χ1n) is 12.6. The van der Waals surface area contributed by atoms with Crippen LogP contribution >= 0.6 is 0 Å². The maximum absolute atomic E-state index is 15.0. The molecule has 0 spiro atoms. The van der Waals surface area contributed by atoms with E-state index in [1.165, 1.54) is 30.2 Å². The van der Waals surface area contributed by atoms with Crippen LogP contribution in [0.25, 0.3) is 28.7 Å². The van der Waals surface area contributed by atoms with Crippen LogP contribution in [0.2, 0.25) is 0 Å². The highest BCUT2D eigenvalue weighted by molar-refractivity contribution is 5.95. The molecule has 40 heavy (non-hydrogen) atoms. The molecule has 0 bridgehead atoms. The average molecular weight is 544 g/mol. The summed E-state index contributed by atoms with van der Waals surface area (Å²) in [6.45, 7) is 3.44. The lowest BCUT2D eigenvalue weighted by Crippen LogP contribution is -2.59. The molecule has 1 aliphatic heterocycles. The monoisotopic (exact) mass is 543 g/mol. The van der Waals surface area contributed by atoms with Gasteiger partial charge in [0.05, 0.1) is 25.8 Å². The second kappa shape index (κ2) is 10.7. The highest BCUT2D eigenvalue weighted by Gasteiger charge is 2.41. The van der Waals surface area contributed by atoms with E-state index in [1.54, 1.807) is 48.7 Å². The summed E-state index contributed by atoms with van der Waals surface area (Å²) in [4.78, 5) is 34.3. The zero-order valence-corrected chi connectivity index (χ0v) is 21.9. The van der Waals surface area contributed by atoms with Crippen molar-refractivity contribution < 1.29 is 22.8 Å². The highest BCUT2D eigenvalue weighted by atomic mass is 19.1. The molecule has 2 amide bonds. The van der Waals surface area contributed by atoms with E-state index in [9.17, 15) is 18.4 Å². The molecule has 3 N–H and O–H groups in total. The maximum atomic E-state index is 15.0. The van der Waals surface area contributed by atoms with Crippen molar-refractivity contribution in [2.24, 2.45) is 0 Å². The predicted octanol–water partition coefficient (Wildman–Crippen LogP) is 4.95. The number of aryl methyl sites for hydroxylation is 1. The summed E-state index contributed by atoms with van der Waals surface area (Å²) in [5, 5.41) is 2.74. The third-order valence-electron chi connectivity index (χ3n) is 6.54. The Kier molecular flexibility index (Phi) is 7.17. The van der Waals surface area contributed by atoms with Crippen LogP contribution in [0.15, 0.2) is 71.4 Å². The van der Waals surface area contributed by atoms with Gasteiger partial charge in [-0.3, -0.25) is 9.59 Å². The van der Waals surface area contributed by atoms with Crippen molar-refractivity contribution in [3.8, 4) is 22.6 Å². The Balaban J connectivity index is 1.22. The number of oxazole rings is 1. The molecule has 10 heteroatoms. The third-order valence-corrected chi connectivity index (χ3v) is 6.54. The van der Waals surface area contributed by atoms with Gasteiger partial charge in [-0.05, 0) is 66.9 Å². The number of nitrogens with zero attached hydrogens (tertiary/aromatic N) is 3. The van der Waals surface area contributed by atoms with E-state index in [2.05, 4.69) is 15.3 Å². The van der Waals surface area contributed by atoms with Crippen LogP contribution in [0, 0.1) is 12.7 Å². The highest BCUT2D eigenvalue weighted by Crippen LogP contribution is 2.31. The Bertz CT molecular complexity index is 1600. The number of anilines is 1. The minimum atomic E-state index is -1.39. The first kappa shape index (κ1) is 26.7. The summed E-state index contributed by atoms with van der Waals surface area (Å²) in [7, 11) is 0. The van der Waals surface area contributed by atoms with Gasteiger partial charge in [-0.2, -0.15) is 0 Å². The number of halogens is 2. The van der Waals surface area contributed by atoms with Crippen molar-refractivity contribution in [3.05, 3.63) is 95.3 Å². The van der Waals surface area contributed by atoms with Crippen molar-refractivity contribution in [2.45, 2.75) is 26.1 Å². The third kappa shape index (κ3) is 5.90. The molecule has 1 aliphatic rings. The molecule has 1 fully saturated rings. The van der Waals surface area contributed by atoms with Gasteiger partial charge in [0.25, 0.3) is 5.91 Å². The molecular weight excluding hydrogens is 516 g/mol. The number of alkyl halides is 1. The molecule has 4 aromatic rings. The van der Waals surface area contributed by atoms with Gasteiger partial charge in [-0.25, -0.2) is 18.7 Å². The van der Waals surface area contributed by atoms with Crippen LogP contribution in [-0.4, -0.2) is 45.4 Å². The Labute approximate surface area is 229 Å². The van der Waals surface area contributed by atoms with Gasteiger partial charge in [0.15, 0.2) is 0 Å². The SMILES string of the molecule is Cc1cc(-c2ccc(C(=O)N3CC(C)(F)C3)cc2F)ccc1-c1ncc(CNC(=O)/C=C/c2ccc(N)nc2)o1. The topological polar surface area (TPSA) is 114 Å². The van der Waals surface area contributed by atoms with Gasteiger partial charge in [0, 0.05) is 29.0 Å². The molecule has 3 heterocycles. The Morgan fingerprint density at radius 3 is 2.55 bits per heavy atom. The Hall–Kier alpha value is -4.86. The summed E-state index contributed by atoms with van der Waals surface area (Å²) in [6, 6.07) is 13.0. The van der Waals surface area contributed by atoms with Gasteiger partial charge < -0.3 is 20.4 Å². The summed E-state index contributed by atoms with van der Waals surface area (Å²) in [5.41, 5.74) is 7.58. The van der Waals surface area contributed by atoms with E-state index in [4.69, 9.17) is 10.2 Å². The number of nitrogens with two attached hydrogens (primary N) is 1. The van der Waals surface area contributed by atoms with E-state index < -0.39 is 17.4 Å². The number of nitrogens with one attached hydrogen (secondary N) is 1. The minimum Gasteiger partial charge on any atom is -0.439 e. The summed E-state index contributed by atoms with van der Waals surface area (Å²) in [5.74, 6) is -0.00655. The number of rotatable bonds is 7. The smallest absolute Gasteiger partial charge is 0.254 e. The van der Waals surface area contributed by atoms with E-state index in [0.29, 0.717) is 28.6 Å². The number of amides is 2. The lowest BCUT2D eigenvalue weighted by molar-refractivity contribution is -0.116. The van der Waals surface area contributed by atoms with Crippen LogP contribution in [0.3, 0.4) is 0 Å². The molecule has 204 valence electrons. The van der Waals surface area contributed by atoms with Gasteiger partial charge >= 0.3 is 0 Å². The molecule has 0 atom stereocenters. The number of carbonyl (C=O) groups is 2. The van der Waals surface area contributed by atoms with E-state index in [1.807, 2.05) is 13.0 Å². The largest absolute Gasteiger partial charge is 0.439 e. The Morgan fingerprint density at radius 2 is 1.88 bits per heavy atom. The van der Waals surface area contributed by atoms with Gasteiger partial charge in [0.1, 0.15) is 23.1 Å². The van der Waals surface area contributed by atoms with Crippen LogP contribution in [0.4, 0.5) is 14.6 Å². The number of benzene rings is 2. The molecule has 1 saturated heterocycles. The van der Waals surface area contributed by atoms with Crippen molar-refractivity contribution in [2.75, 3.05) is 18.8 Å². The summed E-state index contributed by atoms with van der Waals surface area (Å²) >= 11 is 0. The zero-order valence-electron chi connectivity index (χ0n) is 21.9. The number of aromatic nitrogens is 2. The lowest BCUT2D eigenvalue weighted by atomic mass is 9.96. The molecule has 0 aliphatic carbocycles. The number of carbonyl (C=O) groups excluding carboxylic acids is 2.